The van der Waals surface area contributed by atoms with Crippen LogP contribution >= 0.6 is 11.8 Å². The molecular weight excluding hydrogens is 246 g/mol. The van der Waals surface area contributed by atoms with Gasteiger partial charge in [0.25, 0.3) is 0 Å². The van der Waals surface area contributed by atoms with Crippen molar-refractivity contribution >= 4 is 17.7 Å². The van der Waals surface area contributed by atoms with E-state index in [1.807, 2.05) is 14.0 Å². The van der Waals surface area contributed by atoms with E-state index in [-0.39, 0.29) is 5.97 Å². The van der Waals surface area contributed by atoms with Crippen LogP contribution in [0.5, 0.6) is 0 Å². The van der Waals surface area contributed by atoms with E-state index < -0.39 is 5.54 Å². The number of carbonyl (C=O) groups is 1. The molecule has 0 radical (unpaired) electrons. The Kier molecular flexibility index (Phi) is 7.08. The molecule has 1 N–H and O–H groups in total. The number of ether oxygens (including phenoxy) is 1. The zero-order valence-corrected chi connectivity index (χ0v) is 12.8. The number of nitrogens with one attached hydrogen (secondary N) is 1. The van der Waals surface area contributed by atoms with Crippen LogP contribution in [-0.4, -0.2) is 36.7 Å². The van der Waals surface area contributed by atoms with Crippen molar-refractivity contribution in [3.05, 3.63) is 0 Å². The van der Waals surface area contributed by atoms with E-state index in [0.717, 1.165) is 23.8 Å². The molecule has 0 heterocycles. The number of carbonyl (C=O) groups excluding carboxylic acids is 1. The largest absolute Gasteiger partial charge is 0.468 e. The minimum absolute atomic E-state index is 0.160. The molecule has 1 aliphatic carbocycles. The molecular formula is C14H27NO2S. The summed E-state index contributed by atoms with van der Waals surface area (Å²) >= 11 is 2.09. The van der Waals surface area contributed by atoms with Gasteiger partial charge in [-0.1, -0.05) is 19.3 Å². The molecule has 18 heavy (non-hydrogen) atoms. The number of esters is 1. The summed E-state index contributed by atoms with van der Waals surface area (Å²) in [5, 5.41) is 3.94. The van der Waals surface area contributed by atoms with Gasteiger partial charge in [0.15, 0.2) is 0 Å². The number of thioether (sulfide) groups is 1. The van der Waals surface area contributed by atoms with E-state index in [9.17, 15) is 4.79 Å². The fourth-order valence-electron chi connectivity index (χ4n) is 2.46. The van der Waals surface area contributed by atoms with Gasteiger partial charge in [-0.2, -0.15) is 11.8 Å². The van der Waals surface area contributed by atoms with E-state index >= 15 is 0 Å². The maximum atomic E-state index is 11.7. The fourth-order valence-corrected chi connectivity index (χ4v) is 3.77. The van der Waals surface area contributed by atoms with Crippen molar-refractivity contribution in [3.8, 4) is 0 Å². The third kappa shape index (κ3) is 4.81. The Hall–Kier alpha value is -0.220. The summed E-state index contributed by atoms with van der Waals surface area (Å²) in [4.78, 5) is 11.7. The number of hydrogen-bond donors (Lipinski definition) is 1. The molecule has 0 aromatic rings. The third-order valence-corrected chi connectivity index (χ3v) is 5.38. The van der Waals surface area contributed by atoms with Crippen molar-refractivity contribution in [2.75, 3.05) is 19.9 Å². The first-order valence-electron chi connectivity index (χ1n) is 7.01. The van der Waals surface area contributed by atoms with Gasteiger partial charge in [0.05, 0.1) is 7.11 Å². The molecule has 1 saturated carbocycles. The highest BCUT2D eigenvalue weighted by Gasteiger charge is 2.31. The van der Waals surface area contributed by atoms with Crippen LogP contribution in [0.3, 0.4) is 0 Å². The third-order valence-electron chi connectivity index (χ3n) is 3.91. The second kappa shape index (κ2) is 8.05. The Morgan fingerprint density at radius 2 is 2.06 bits per heavy atom. The summed E-state index contributed by atoms with van der Waals surface area (Å²) in [7, 11) is 3.28. The first kappa shape index (κ1) is 15.8. The van der Waals surface area contributed by atoms with Crippen molar-refractivity contribution in [3.63, 3.8) is 0 Å². The molecule has 1 atom stereocenters. The minimum atomic E-state index is -0.526. The van der Waals surface area contributed by atoms with Gasteiger partial charge in [0.2, 0.25) is 0 Å². The van der Waals surface area contributed by atoms with Crippen LogP contribution in [0.2, 0.25) is 0 Å². The summed E-state index contributed by atoms with van der Waals surface area (Å²) in [5.74, 6) is 0.992. The molecule has 1 fully saturated rings. The smallest absolute Gasteiger partial charge is 0.325 e. The van der Waals surface area contributed by atoms with Gasteiger partial charge in [0.1, 0.15) is 5.54 Å². The van der Waals surface area contributed by atoms with Crippen LogP contribution in [-0.2, 0) is 9.53 Å². The molecule has 0 aromatic heterocycles. The quantitative estimate of drug-likeness (QED) is 0.572. The molecule has 1 aliphatic rings. The molecule has 0 saturated heterocycles. The Labute approximate surface area is 115 Å². The maximum absolute atomic E-state index is 11.7. The predicted molar refractivity (Wildman–Crippen MR) is 78.0 cm³/mol. The van der Waals surface area contributed by atoms with E-state index in [4.69, 9.17) is 4.74 Å². The molecule has 0 aromatic carbocycles. The average Bonchev–Trinajstić information content (AvgIpc) is 2.43. The zero-order chi connectivity index (χ0) is 13.4. The fraction of sp³-hybridized carbons (Fsp3) is 0.929. The summed E-state index contributed by atoms with van der Waals surface area (Å²) in [5.41, 5.74) is -0.526. The van der Waals surface area contributed by atoms with E-state index in [1.165, 1.54) is 39.2 Å². The van der Waals surface area contributed by atoms with Gasteiger partial charge < -0.3 is 10.1 Å². The summed E-state index contributed by atoms with van der Waals surface area (Å²) in [6, 6.07) is 0. The minimum Gasteiger partial charge on any atom is -0.468 e. The Bertz CT molecular complexity index is 254. The molecule has 1 rings (SSSR count). The Morgan fingerprint density at radius 3 is 2.61 bits per heavy atom. The highest BCUT2D eigenvalue weighted by molar-refractivity contribution is 7.99. The predicted octanol–water partition coefficient (Wildman–Crippen LogP) is 2.98. The number of likely N-dealkylation sites (N-methyl/N-ethyl adjacent to an activating group) is 1. The molecule has 0 spiro atoms. The second-order valence-electron chi connectivity index (χ2n) is 5.31. The summed E-state index contributed by atoms with van der Waals surface area (Å²) in [6.07, 6.45) is 8.87. The van der Waals surface area contributed by atoms with Gasteiger partial charge in [-0.25, -0.2) is 0 Å². The van der Waals surface area contributed by atoms with Crippen molar-refractivity contribution in [2.45, 2.75) is 62.7 Å². The SMILES string of the molecule is CNC(C)(CCCSC1CCCCC1)C(=O)OC. The van der Waals surface area contributed by atoms with Crippen LogP contribution in [0.4, 0.5) is 0 Å². The van der Waals surface area contributed by atoms with Crippen molar-refractivity contribution in [1.29, 1.82) is 0 Å². The topological polar surface area (TPSA) is 38.3 Å². The molecule has 0 amide bonds. The van der Waals surface area contributed by atoms with Gasteiger partial charge in [-0.15, -0.1) is 0 Å². The summed E-state index contributed by atoms with van der Waals surface area (Å²) < 4.78 is 4.85. The van der Waals surface area contributed by atoms with Crippen molar-refractivity contribution < 1.29 is 9.53 Å². The second-order valence-corrected chi connectivity index (χ2v) is 6.72. The van der Waals surface area contributed by atoms with Crippen molar-refractivity contribution in [1.82, 2.24) is 5.32 Å². The lowest BCUT2D eigenvalue weighted by Gasteiger charge is -2.26. The van der Waals surface area contributed by atoms with Gasteiger partial charge >= 0.3 is 5.97 Å². The normalized spacial score (nSPS) is 20.4. The van der Waals surface area contributed by atoms with Crippen molar-refractivity contribution in [2.24, 2.45) is 0 Å². The van der Waals surface area contributed by atoms with Crippen LogP contribution in [0.15, 0.2) is 0 Å². The Balaban J connectivity index is 2.20. The first-order chi connectivity index (χ1) is 8.62. The van der Waals surface area contributed by atoms with E-state index in [0.29, 0.717) is 0 Å². The average molecular weight is 273 g/mol. The van der Waals surface area contributed by atoms with E-state index in [2.05, 4.69) is 17.1 Å². The number of hydrogen-bond acceptors (Lipinski definition) is 4. The van der Waals surface area contributed by atoms with Gasteiger partial charge in [-0.3, -0.25) is 4.79 Å². The maximum Gasteiger partial charge on any atom is 0.325 e. The van der Waals surface area contributed by atoms with Crippen LogP contribution in [0.25, 0.3) is 0 Å². The molecule has 106 valence electrons. The Morgan fingerprint density at radius 1 is 1.39 bits per heavy atom. The molecule has 1 unspecified atom stereocenters. The lowest BCUT2D eigenvalue weighted by molar-refractivity contribution is -0.148. The van der Waals surface area contributed by atoms with Crippen LogP contribution in [0, 0.1) is 0 Å². The highest BCUT2D eigenvalue weighted by atomic mass is 32.2. The monoisotopic (exact) mass is 273 g/mol. The van der Waals surface area contributed by atoms with Crippen LogP contribution in [0.1, 0.15) is 51.9 Å². The van der Waals surface area contributed by atoms with Gasteiger partial charge in [0, 0.05) is 5.25 Å². The molecule has 4 heteroatoms. The molecule has 0 bridgehead atoms. The van der Waals surface area contributed by atoms with E-state index in [1.54, 1.807) is 0 Å². The number of methoxy groups -OCH3 is 1. The highest BCUT2D eigenvalue weighted by Crippen LogP contribution is 2.29. The lowest BCUT2D eigenvalue weighted by atomic mass is 9.97. The zero-order valence-electron chi connectivity index (χ0n) is 12.0. The van der Waals surface area contributed by atoms with Gasteiger partial charge in [-0.05, 0) is 45.4 Å². The first-order valence-corrected chi connectivity index (χ1v) is 8.06. The van der Waals surface area contributed by atoms with Crippen LogP contribution < -0.4 is 5.32 Å². The molecule has 0 aliphatic heterocycles. The molecule has 3 nitrogen and oxygen atoms in total. The standard InChI is InChI=1S/C14H27NO2S/c1-14(15-2,13(16)17-3)10-7-11-18-12-8-5-4-6-9-12/h12,15H,4-11H2,1-3H3. The lowest BCUT2D eigenvalue weighted by Crippen LogP contribution is -2.48. The number of rotatable bonds is 7. The summed E-state index contributed by atoms with van der Waals surface area (Å²) in [6.45, 7) is 1.92.